The minimum absolute atomic E-state index is 0.0391. The molecule has 0 aliphatic carbocycles. The number of nitriles is 1. The van der Waals surface area contributed by atoms with Gasteiger partial charge in [-0.3, -0.25) is 9.89 Å². The molecular formula is C14H14N4O2. The summed E-state index contributed by atoms with van der Waals surface area (Å²) in [6.45, 7) is 4.90. The quantitative estimate of drug-likeness (QED) is 0.894. The number of hydrogen-bond donors (Lipinski definition) is 1. The Morgan fingerprint density at radius 2 is 2.35 bits per heavy atom. The molecule has 2 aromatic heterocycles. The lowest BCUT2D eigenvalue weighted by molar-refractivity contribution is 0.216. The Morgan fingerprint density at radius 1 is 1.55 bits per heavy atom. The van der Waals surface area contributed by atoms with Gasteiger partial charge in [-0.1, -0.05) is 19.9 Å². The molecule has 1 N–H and O–H groups in total. The van der Waals surface area contributed by atoms with Crippen molar-refractivity contribution in [3.8, 4) is 6.07 Å². The van der Waals surface area contributed by atoms with Crippen LogP contribution in [0.3, 0.4) is 0 Å². The first-order valence-electron chi connectivity index (χ1n) is 6.44. The maximum absolute atomic E-state index is 12.6. The average Bonchev–Trinajstić information content (AvgIpc) is 3.07. The molecule has 6 heteroatoms. The average molecular weight is 270 g/mol. The van der Waals surface area contributed by atoms with Crippen molar-refractivity contribution < 1.29 is 4.74 Å². The monoisotopic (exact) mass is 270 g/mol. The van der Waals surface area contributed by atoms with E-state index in [0.717, 1.165) is 5.57 Å². The van der Waals surface area contributed by atoms with Crippen molar-refractivity contribution >= 4 is 11.2 Å². The van der Waals surface area contributed by atoms with Gasteiger partial charge in [-0.05, 0) is 5.92 Å². The van der Waals surface area contributed by atoms with E-state index in [9.17, 15) is 4.79 Å². The van der Waals surface area contributed by atoms with Gasteiger partial charge in [0, 0.05) is 17.3 Å². The second-order valence-corrected chi connectivity index (χ2v) is 5.04. The summed E-state index contributed by atoms with van der Waals surface area (Å²) < 4.78 is 6.65. The molecule has 3 heterocycles. The van der Waals surface area contributed by atoms with Crippen molar-refractivity contribution in [1.29, 1.82) is 5.26 Å². The molecule has 1 aliphatic rings. The number of ether oxygens (including phenoxy) is 1. The summed E-state index contributed by atoms with van der Waals surface area (Å²) in [5.74, 6) is 0.0391. The summed E-state index contributed by atoms with van der Waals surface area (Å²) in [6.07, 6.45) is 3.43. The highest BCUT2D eigenvalue weighted by Gasteiger charge is 2.22. The lowest BCUT2D eigenvalue weighted by atomic mass is 9.98. The molecule has 0 unspecified atom stereocenters. The SMILES string of the molecule is CC(C)c1c(C2=CCOC2)nc2c(C#N)c[nH]n2c1=O. The van der Waals surface area contributed by atoms with E-state index in [4.69, 9.17) is 10.00 Å². The van der Waals surface area contributed by atoms with E-state index >= 15 is 0 Å². The summed E-state index contributed by atoms with van der Waals surface area (Å²) in [7, 11) is 0. The van der Waals surface area contributed by atoms with Gasteiger partial charge in [0.15, 0.2) is 5.65 Å². The van der Waals surface area contributed by atoms with E-state index in [1.54, 1.807) is 0 Å². The van der Waals surface area contributed by atoms with Gasteiger partial charge in [0.1, 0.15) is 11.6 Å². The van der Waals surface area contributed by atoms with Crippen LogP contribution in [-0.2, 0) is 4.74 Å². The van der Waals surface area contributed by atoms with Crippen molar-refractivity contribution in [1.82, 2.24) is 14.6 Å². The van der Waals surface area contributed by atoms with Crippen LogP contribution in [0.2, 0.25) is 0 Å². The van der Waals surface area contributed by atoms with Crippen LogP contribution in [-0.4, -0.2) is 27.8 Å². The topological polar surface area (TPSA) is 83.2 Å². The molecule has 2 aromatic rings. The highest BCUT2D eigenvalue weighted by Crippen LogP contribution is 2.25. The molecule has 0 radical (unpaired) electrons. The van der Waals surface area contributed by atoms with Gasteiger partial charge >= 0.3 is 0 Å². The van der Waals surface area contributed by atoms with Crippen LogP contribution >= 0.6 is 0 Å². The van der Waals surface area contributed by atoms with Gasteiger partial charge < -0.3 is 4.74 Å². The third-order valence-electron chi connectivity index (χ3n) is 3.40. The highest BCUT2D eigenvalue weighted by atomic mass is 16.5. The van der Waals surface area contributed by atoms with Crippen LogP contribution in [0.1, 0.15) is 36.6 Å². The first kappa shape index (κ1) is 12.6. The fraction of sp³-hybridized carbons (Fsp3) is 0.357. The molecule has 0 bridgehead atoms. The molecule has 102 valence electrons. The standard InChI is InChI=1S/C14H14N4O2/c1-8(2)11-12(9-3-4-20-7-9)17-13-10(5-15)6-16-18(13)14(11)19/h3,6,8,16H,4,7H2,1-2H3. The number of nitrogens with zero attached hydrogens (tertiary/aromatic N) is 3. The molecule has 0 atom stereocenters. The zero-order valence-electron chi connectivity index (χ0n) is 11.3. The molecule has 6 nitrogen and oxygen atoms in total. The second kappa shape index (κ2) is 4.62. The zero-order valence-corrected chi connectivity index (χ0v) is 11.3. The van der Waals surface area contributed by atoms with Crippen molar-refractivity contribution in [2.45, 2.75) is 19.8 Å². The number of rotatable bonds is 2. The van der Waals surface area contributed by atoms with Crippen molar-refractivity contribution in [2.24, 2.45) is 0 Å². The Hall–Kier alpha value is -2.39. The normalized spacial score (nSPS) is 14.8. The fourth-order valence-corrected chi connectivity index (χ4v) is 2.43. The highest BCUT2D eigenvalue weighted by molar-refractivity contribution is 5.70. The molecular weight excluding hydrogens is 256 g/mol. The van der Waals surface area contributed by atoms with Crippen LogP contribution in [0.25, 0.3) is 11.2 Å². The number of fused-ring (bicyclic) bond motifs is 1. The van der Waals surface area contributed by atoms with Crippen LogP contribution in [0.5, 0.6) is 0 Å². The van der Waals surface area contributed by atoms with Gasteiger partial charge in [-0.15, -0.1) is 0 Å². The number of nitrogens with one attached hydrogen (secondary N) is 1. The minimum atomic E-state index is -0.158. The van der Waals surface area contributed by atoms with Gasteiger partial charge in [0.25, 0.3) is 5.56 Å². The van der Waals surface area contributed by atoms with E-state index < -0.39 is 0 Å². The molecule has 0 fully saturated rings. The summed E-state index contributed by atoms with van der Waals surface area (Å²) >= 11 is 0. The van der Waals surface area contributed by atoms with Crippen molar-refractivity contribution in [2.75, 3.05) is 13.2 Å². The second-order valence-electron chi connectivity index (χ2n) is 5.04. The Labute approximate surface area is 115 Å². The van der Waals surface area contributed by atoms with Gasteiger partial charge in [0.05, 0.1) is 18.9 Å². The summed E-state index contributed by atoms with van der Waals surface area (Å²) in [5.41, 5.74) is 2.78. The van der Waals surface area contributed by atoms with Crippen LogP contribution in [0.15, 0.2) is 17.1 Å². The van der Waals surface area contributed by atoms with Crippen molar-refractivity contribution in [3.63, 3.8) is 0 Å². The third-order valence-corrected chi connectivity index (χ3v) is 3.40. The van der Waals surface area contributed by atoms with Gasteiger partial charge in [0.2, 0.25) is 0 Å². The van der Waals surface area contributed by atoms with E-state index in [-0.39, 0.29) is 11.5 Å². The van der Waals surface area contributed by atoms with Crippen molar-refractivity contribution in [3.05, 3.63) is 39.4 Å². The Morgan fingerprint density at radius 3 is 2.95 bits per heavy atom. The number of aromatic amines is 1. The summed E-state index contributed by atoms with van der Waals surface area (Å²) in [6, 6.07) is 2.04. The van der Waals surface area contributed by atoms with Crippen LogP contribution < -0.4 is 5.56 Å². The Kier molecular flexibility index (Phi) is 2.92. The van der Waals surface area contributed by atoms with E-state index in [0.29, 0.717) is 35.7 Å². The van der Waals surface area contributed by atoms with E-state index in [1.165, 1.54) is 10.7 Å². The molecule has 0 amide bonds. The largest absolute Gasteiger partial charge is 0.373 e. The molecule has 0 saturated carbocycles. The molecule has 1 aliphatic heterocycles. The van der Waals surface area contributed by atoms with Gasteiger partial charge in [-0.25, -0.2) is 9.50 Å². The molecule has 0 spiro atoms. The lowest BCUT2D eigenvalue weighted by Crippen LogP contribution is -2.24. The first-order valence-corrected chi connectivity index (χ1v) is 6.44. The Balaban J connectivity index is 2.39. The number of aromatic nitrogens is 3. The fourth-order valence-electron chi connectivity index (χ4n) is 2.43. The van der Waals surface area contributed by atoms with Crippen LogP contribution in [0, 0.1) is 11.3 Å². The maximum atomic E-state index is 12.6. The Bertz CT molecular complexity index is 805. The summed E-state index contributed by atoms with van der Waals surface area (Å²) in [5, 5.41) is 11.9. The van der Waals surface area contributed by atoms with Crippen LogP contribution in [0.4, 0.5) is 0 Å². The molecule has 20 heavy (non-hydrogen) atoms. The molecule has 0 saturated heterocycles. The maximum Gasteiger partial charge on any atom is 0.276 e. The van der Waals surface area contributed by atoms with E-state index in [1.807, 2.05) is 26.0 Å². The predicted octanol–water partition coefficient (Wildman–Crippen LogP) is 1.43. The van der Waals surface area contributed by atoms with E-state index in [2.05, 4.69) is 10.1 Å². The minimum Gasteiger partial charge on any atom is -0.373 e. The smallest absolute Gasteiger partial charge is 0.276 e. The number of hydrogen-bond acceptors (Lipinski definition) is 4. The van der Waals surface area contributed by atoms with Gasteiger partial charge in [-0.2, -0.15) is 5.26 Å². The molecule has 3 rings (SSSR count). The molecule has 0 aromatic carbocycles. The lowest BCUT2D eigenvalue weighted by Gasteiger charge is -2.12. The third kappa shape index (κ3) is 1.75. The zero-order chi connectivity index (χ0) is 14.3. The predicted molar refractivity (Wildman–Crippen MR) is 73.4 cm³/mol. The summed E-state index contributed by atoms with van der Waals surface area (Å²) in [4.78, 5) is 17.1. The first-order chi connectivity index (χ1) is 9.63. The number of H-pyrrole nitrogens is 1.